The Morgan fingerprint density at radius 3 is 2.69 bits per heavy atom. The highest BCUT2D eigenvalue weighted by molar-refractivity contribution is 7.17. The molecule has 0 unspecified atom stereocenters. The molecular formula is C20H21NO4S. The van der Waals surface area contributed by atoms with Gasteiger partial charge in [0.2, 0.25) is 5.91 Å². The van der Waals surface area contributed by atoms with Gasteiger partial charge in [0, 0.05) is 11.0 Å². The number of methoxy groups -OCH3 is 1. The predicted molar refractivity (Wildman–Crippen MR) is 103 cm³/mol. The van der Waals surface area contributed by atoms with Crippen molar-refractivity contribution in [3.63, 3.8) is 0 Å². The topological polar surface area (TPSA) is 64.6 Å². The number of esters is 1. The van der Waals surface area contributed by atoms with Gasteiger partial charge in [-0.1, -0.05) is 12.1 Å². The molecule has 1 aliphatic rings. The van der Waals surface area contributed by atoms with Crippen LogP contribution in [-0.4, -0.2) is 25.6 Å². The molecule has 3 rings (SSSR count). The molecule has 26 heavy (non-hydrogen) atoms. The summed E-state index contributed by atoms with van der Waals surface area (Å²) in [6.45, 7) is 2.09. The van der Waals surface area contributed by atoms with Crippen molar-refractivity contribution in [1.82, 2.24) is 0 Å². The second-order valence-electron chi connectivity index (χ2n) is 5.88. The molecule has 0 saturated carbocycles. The SMILES string of the molecule is CCOC(=O)c1c(NC(=O)C=Cc2ccc(OC)cc2)sc2c1CCC2. The Bertz CT molecular complexity index is 836. The smallest absolute Gasteiger partial charge is 0.341 e. The van der Waals surface area contributed by atoms with Crippen LogP contribution in [0.4, 0.5) is 5.00 Å². The average molecular weight is 371 g/mol. The summed E-state index contributed by atoms with van der Waals surface area (Å²) in [6, 6.07) is 7.40. The fourth-order valence-electron chi connectivity index (χ4n) is 2.95. The molecule has 1 aromatic carbocycles. The van der Waals surface area contributed by atoms with E-state index in [0.29, 0.717) is 17.2 Å². The summed E-state index contributed by atoms with van der Waals surface area (Å²) in [6.07, 6.45) is 6.03. The lowest BCUT2D eigenvalue weighted by Crippen LogP contribution is -2.13. The second kappa shape index (κ2) is 8.19. The number of nitrogens with one attached hydrogen (secondary N) is 1. The highest BCUT2D eigenvalue weighted by Gasteiger charge is 2.27. The first-order valence-electron chi connectivity index (χ1n) is 8.57. The van der Waals surface area contributed by atoms with Gasteiger partial charge in [-0.05, 0) is 55.5 Å². The van der Waals surface area contributed by atoms with E-state index in [1.54, 1.807) is 20.1 Å². The first kappa shape index (κ1) is 18.2. The van der Waals surface area contributed by atoms with Gasteiger partial charge in [-0.25, -0.2) is 4.79 Å². The van der Waals surface area contributed by atoms with Gasteiger partial charge in [0.15, 0.2) is 0 Å². The molecule has 0 atom stereocenters. The van der Waals surface area contributed by atoms with Crippen molar-refractivity contribution in [2.75, 3.05) is 19.0 Å². The Morgan fingerprint density at radius 2 is 2.00 bits per heavy atom. The van der Waals surface area contributed by atoms with Gasteiger partial charge in [0.05, 0.1) is 19.3 Å². The van der Waals surface area contributed by atoms with Crippen molar-refractivity contribution in [3.05, 3.63) is 51.9 Å². The van der Waals surface area contributed by atoms with E-state index < -0.39 is 0 Å². The fraction of sp³-hybridized carbons (Fsp3) is 0.300. The number of hydrogen-bond acceptors (Lipinski definition) is 5. The molecule has 0 saturated heterocycles. The first-order chi connectivity index (χ1) is 12.6. The lowest BCUT2D eigenvalue weighted by molar-refractivity contribution is -0.111. The minimum absolute atomic E-state index is 0.272. The average Bonchev–Trinajstić information content (AvgIpc) is 3.21. The fourth-order valence-corrected chi connectivity index (χ4v) is 4.23. The minimum atomic E-state index is -0.360. The zero-order valence-electron chi connectivity index (χ0n) is 14.8. The van der Waals surface area contributed by atoms with Crippen LogP contribution in [0.1, 0.15) is 39.7 Å². The number of hydrogen-bond donors (Lipinski definition) is 1. The molecule has 1 amide bonds. The van der Waals surface area contributed by atoms with Crippen LogP contribution in [0.3, 0.4) is 0 Å². The van der Waals surface area contributed by atoms with Crippen LogP contribution in [0.5, 0.6) is 5.75 Å². The molecule has 1 aliphatic carbocycles. The van der Waals surface area contributed by atoms with Crippen molar-refractivity contribution in [2.45, 2.75) is 26.2 Å². The van der Waals surface area contributed by atoms with Crippen molar-refractivity contribution in [2.24, 2.45) is 0 Å². The molecule has 0 aliphatic heterocycles. The summed E-state index contributed by atoms with van der Waals surface area (Å²) in [5.74, 6) is 0.131. The van der Waals surface area contributed by atoms with Gasteiger partial charge in [0.25, 0.3) is 0 Å². The Kier molecular flexibility index (Phi) is 5.73. The number of aryl methyl sites for hydroxylation is 1. The summed E-state index contributed by atoms with van der Waals surface area (Å²) in [7, 11) is 1.61. The van der Waals surface area contributed by atoms with Gasteiger partial charge in [-0.15, -0.1) is 11.3 Å². The zero-order chi connectivity index (χ0) is 18.5. The molecule has 0 radical (unpaired) electrons. The normalized spacial score (nSPS) is 12.8. The number of carbonyl (C=O) groups excluding carboxylic acids is 2. The molecule has 1 aromatic heterocycles. The monoisotopic (exact) mass is 371 g/mol. The predicted octanol–water partition coefficient (Wildman–Crippen LogP) is 4.07. The minimum Gasteiger partial charge on any atom is -0.497 e. The standard InChI is InChI=1S/C20H21NO4S/c1-3-25-20(23)18-15-5-4-6-16(15)26-19(18)21-17(22)12-9-13-7-10-14(24-2)11-8-13/h7-12H,3-6H2,1-2H3,(H,21,22). The Labute approximate surface area is 156 Å². The number of fused-ring (bicyclic) bond motifs is 1. The van der Waals surface area contributed by atoms with Gasteiger partial charge in [0.1, 0.15) is 10.8 Å². The summed E-state index contributed by atoms with van der Waals surface area (Å²) >= 11 is 1.47. The van der Waals surface area contributed by atoms with Crippen LogP contribution >= 0.6 is 11.3 Å². The molecule has 136 valence electrons. The molecule has 5 nitrogen and oxygen atoms in total. The molecule has 1 heterocycles. The van der Waals surface area contributed by atoms with E-state index in [4.69, 9.17) is 9.47 Å². The molecule has 6 heteroatoms. The Morgan fingerprint density at radius 1 is 1.23 bits per heavy atom. The maximum absolute atomic E-state index is 12.3. The van der Waals surface area contributed by atoms with Crippen LogP contribution in [0.15, 0.2) is 30.3 Å². The summed E-state index contributed by atoms with van der Waals surface area (Å²) in [5.41, 5.74) is 2.44. The third-order valence-corrected chi connectivity index (χ3v) is 5.39. The van der Waals surface area contributed by atoms with Crippen LogP contribution in [0, 0.1) is 0 Å². The number of thiophene rings is 1. The Hall–Kier alpha value is -2.60. The van der Waals surface area contributed by atoms with Crippen molar-refractivity contribution in [3.8, 4) is 5.75 Å². The van der Waals surface area contributed by atoms with E-state index in [9.17, 15) is 9.59 Å². The van der Waals surface area contributed by atoms with Crippen molar-refractivity contribution in [1.29, 1.82) is 0 Å². The highest BCUT2D eigenvalue weighted by Crippen LogP contribution is 2.39. The molecule has 0 fully saturated rings. The molecular weight excluding hydrogens is 350 g/mol. The summed E-state index contributed by atoms with van der Waals surface area (Å²) < 4.78 is 10.3. The lowest BCUT2D eigenvalue weighted by Gasteiger charge is -2.06. The van der Waals surface area contributed by atoms with E-state index in [2.05, 4.69) is 5.32 Å². The number of anilines is 1. The van der Waals surface area contributed by atoms with E-state index in [0.717, 1.165) is 36.1 Å². The molecule has 0 spiro atoms. The van der Waals surface area contributed by atoms with E-state index in [-0.39, 0.29) is 11.9 Å². The number of rotatable bonds is 6. The van der Waals surface area contributed by atoms with E-state index in [1.165, 1.54) is 22.3 Å². The number of amides is 1. The van der Waals surface area contributed by atoms with Crippen molar-refractivity contribution < 1.29 is 19.1 Å². The quantitative estimate of drug-likeness (QED) is 0.614. The maximum atomic E-state index is 12.3. The second-order valence-corrected chi connectivity index (χ2v) is 6.98. The molecule has 1 N–H and O–H groups in total. The van der Waals surface area contributed by atoms with Gasteiger partial charge in [-0.3, -0.25) is 4.79 Å². The molecule has 0 bridgehead atoms. The van der Waals surface area contributed by atoms with Crippen LogP contribution in [0.25, 0.3) is 6.08 Å². The van der Waals surface area contributed by atoms with Gasteiger partial charge in [-0.2, -0.15) is 0 Å². The third-order valence-electron chi connectivity index (χ3n) is 4.18. The summed E-state index contributed by atoms with van der Waals surface area (Å²) in [4.78, 5) is 25.8. The van der Waals surface area contributed by atoms with E-state index in [1.807, 2.05) is 24.3 Å². The largest absolute Gasteiger partial charge is 0.497 e. The number of ether oxygens (including phenoxy) is 2. The van der Waals surface area contributed by atoms with Gasteiger partial charge >= 0.3 is 5.97 Å². The highest BCUT2D eigenvalue weighted by atomic mass is 32.1. The number of benzene rings is 1. The maximum Gasteiger partial charge on any atom is 0.341 e. The van der Waals surface area contributed by atoms with Crippen LogP contribution < -0.4 is 10.1 Å². The molecule has 2 aromatic rings. The van der Waals surface area contributed by atoms with Gasteiger partial charge < -0.3 is 14.8 Å². The van der Waals surface area contributed by atoms with Crippen molar-refractivity contribution >= 4 is 34.3 Å². The number of carbonyl (C=O) groups is 2. The third kappa shape index (κ3) is 3.96. The first-order valence-corrected chi connectivity index (χ1v) is 9.38. The zero-order valence-corrected chi connectivity index (χ0v) is 15.7. The van der Waals surface area contributed by atoms with Crippen LogP contribution in [0.2, 0.25) is 0 Å². The lowest BCUT2D eigenvalue weighted by atomic mass is 10.1. The summed E-state index contributed by atoms with van der Waals surface area (Å²) in [5, 5.41) is 3.42. The van der Waals surface area contributed by atoms with E-state index >= 15 is 0 Å². The Balaban J connectivity index is 1.74. The van der Waals surface area contributed by atoms with Crippen LogP contribution in [-0.2, 0) is 22.4 Å².